The predicted molar refractivity (Wildman–Crippen MR) is 54.6 cm³/mol. The summed E-state index contributed by atoms with van der Waals surface area (Å²) in [6.07, 6.45) is 2.93. The number of benzene rings is 1. The molecule has 64 valence electrons. The van der Waals surface area contributed by atoms with Crippen LogP contribution in [-0.2, 0) is 6.42 Å². The van der Waals surface area contributed by atoms with Gasteiger partial charge in [0.25, 0.3) is 0 Å². The summed E-state index contributed by atoms with van der Waals surface area (Å²) in [5, 5.41) is 0. The number of hydrogen-bond donors (Lipinski definition) is 0. The highest BCUT2D eigenvalue weighted by Gasteiger charge is 1.99. The Hall–Kier alpha value is -1.04. The third kappa shape index (κ3) is 1.76. The number of rotatable bonds is 2. The van der Waals surface area contributed by atoms with E-state index in [2.05, 4.69) is 39.5 Å². The standard InChI is InChI=1S/C12H16/c1-5-6-12-8-10(3)9(2)7-11(12)4/h5,7-8H,1,6H2,2-4H3. The molecule has 1 aromatic rings. The third-order valence-electron chi connectivity index (χ3n) is 2.32. The molecule has 0 aliphatic rings. The van der Waals surface area contributed by atoms with Gasteiger partial charge >= 0.3 is 0 Å². The van der Waals surface area contributed by atoms with Crippen molar-refractivity contribution < 1.29 is 0 Å². The maximum Gasteiger partial charge on any atom is -0.00974 e. The van der Waals surface area contributed by atoms with Crippen LogP contribution in [0.15, 0.2) is 24.8 Å². The first-order valence-electron chi connectivity index (χ1n) is 4.32. The van der Waals surface area contributed by atoms with Crippen LogP contribution in [0.1, 0.15) is 22.3 Å². The second kappa shape index (κ2) is 3.57. The van der Waals surface area contributed by atoms with E-state index in [0.29, 0.717) is 0 Å². The fourth-order valence-electron chi connectivity index (χ4n) is 1.40. The van der Waals surface area contributed by atoms with E-state index in [1.54, 1.807) is 0 Å². The molecule has 0 fully saturated rings. The van der Waals surface area contributed by atoms with Gasteiger partial charge in [0, 0.05) is 0 Å². The molecule has 1 aromatic carbocycles. The summed E-state index contributed by atoms with van der Waals surface area (Å²) in [4.78, 5) is 0. The van der Waals surface area contributed by atoms with Gasteiger partial charge in [0.2, 0.25) is 0 Å². The van der Waals surface area contributed by atoms with Gasteiger partial charge < -0.3 is 0 Å². The van der Waals surface area contributed by atoms with Crippen molar-refractivity contribution in [1.82, 2.24) is 0 Å². The number of aryl methyl sites for hydroxylation is 3. The molecule has 0 heterocycles. The van der Waals surface area contributed by atoms with Gasteiger partial charge in [-0.3, -0.25) is 0 Å². The first-order valence-corrected chi connectivity index (χ1v) is 4.32. The average Bonchev–Trinajstić information content (AvgIpc) is 2.01. The summed E-state index contributed by atoms with van der Waals surface area (Å²) in [6, 6.07) is 4.50. The zero-order valence-electron chi connectivity index (χ0n) is 8.15. The first-order chi connectivity index (χ1) is 5.65. The highest BCUT2D eigenvalue weighted by molar-refractivity contribution is 5.37. The Morgan fingerprint density at radius 2 is 1.67 bits per heavy atom. The highest BCUT2D eigenvalue weighted by Crippen LogP contribution is 2.15. The molecule has 0 aliphatic carbocycles. The van der Waals surface area contributed by atoms with Gasteiger partial charge in [0.05, 0.1) is 0 Å². The van der Waals surface area contributed by atoms with E-state index < -0.39 is 0 Å². The minimum atomic E-state index is 0.979. The summed E-state index contributed by atoms with van der Waals surface area (Å²) in [6.45, 7) is 10.2. The van der Waals surface area contributed by atoms with E-state index in [1.165, 1.54) is 22.3 Å². The lowest BCUT2D eigenvalue weighted by Crippen LogP contribution is -1.91. The molecule has 0 spiro atoms. The monoisotopic (exact) mass is 160 g/mol. The van der Waals surface area contributed by atoms with Crippen LogP contribution in [0.4, 0.5) is 0 Å². The Balaban J connectivity index is 3.13. The molecule has 0 atom stereocenters. The predicted octanol–water partition coefficient (Wildman–Crippen LogP) is 3.34. The molecule has 0 heteroatoms. The molecule has 0 N–H and O–H groups in total. The van der Waals surface area contributed by atoms with Crippen molar-refractivity contribution in [3.05, 3.63) is 47.0 Å². The van der Waals surface area contributed by atoms with Crippen molar-refractivity contribution in [3.63, 3.8) is 0 Å². The van der Waals surface area contributed by atoms with E-state index >= 15 is 0 Å². The average molecular weight is 160 g/mol. The van der Waals surface area contributed by atoms with Crippen LogP contribution in [0, 0.1) is 20.8 Å². The van der Waals surface area contributed by atoms with Crippen LogP contribution in [0.25, 0.3) is 0 Å². The summed E-state index contributed by atoms with van der Waals surface area (Å²) in [5.41, 5.74) is 5.52. The molecule has 12 heavy (non-hydrogen) atoms. The minimum absolute atomic E-state index is 0.979. The lowest BCUT2D eigenvalue weighted by atomic mass is 9.99. The zero-order valence-corrected chi connectivity index (χ0v) is 8.15. The largest absolute Gasteiger partial charge is 0.103 e. The second-order valence-corrected chi connectivity index (χ2v) is 3.36. The topological polar surface area (TPSA) is 0 Å². The molecule has 0 amide bonds. The Kier molecular flexibility index (Phi) is 2.69. The minimum Gasteiger partial charge on any atom is -0.103 e. The molecule has 0 aromatic heterocycles. The smallest absolute Gasteiger partial charge is 0.00974 e. The molecule has 0 saturated carbocycles. The molecule has 0 nitrogen and oxygen atoms in total. The highest BCUT2D eigenvalue weighted by atomic mass is 14.0. The lowest BCUT2D eigenvalue weighted by Gasteiger charge is -2.07. The maximum atomic E-state index is 3.75. The van der Waals surface area contributed by atoms with E-state index in [-0.39, 0.29) is 0 Å². The van der Waals surface area contributed by atoms with E-state index in [0.717, 1.165) is 6.42 Å². The molecule has 0 saturated heterocycles. The van der Waals surface area contributed by atoms with Gasteiger partial charge in [-0.15, -0.1) is 6.58 Å². The quantitative estimate of drug-likeness (QED) is 0.582. The van der Waals surface area contributed by atoms with Crippen LogP contribution in [0.5, 0.6) is 0 Å². The Morgan fingerprint density at radius 3 is 2.25 bits per heavy atom. The maximum absolute atomic E-state index is 3.75. The number of hydrogen-bond acceptors (Lipinski definition) is 0. The number of allylic oxidation sites excluding steroid dienone is 1. The summed E-state index contributed by atoms with van der Waals surface area (Å²) in [5.74, 6) is 0. The van der Waals surface area contributed by atoms with Gasteiger partial charge in [-0.25, -0.2) is 0 Å². The van der Waals surface area contributed by atoms with Gasteiger partial charge in [-0.1, -0.05) is 18.2 Å². The summed E-state index contributed by atoms with van der Waals surface area (Å²) < 4.78 is 0. The summed E-state index contributed by atoms with van der Waals surface area (Å²) >= 11 is 0. The van der Waals surface area contributed by atoms with Crippen molar-refractivity contribution >= 4 is 0 Å². The van der Waals surface area contributed by atoms with Crippen molar-refractivity contribution in [2.24, 2.45) is 0 Å². The Morgan fingerprint density at radius 1 is 1.08 bits per heavy atom. The molecule has 1 rings (SSSR count). The van der Waals surface area contributed by atoms with Crippen molar-refractivity contribution in [1.29, 1.82) is 0 Å². The van der Waals surface area contributed by atoms with E-state index in [1.807, 2.05) is 6.08 Å². The van der Waals surface area contributed by atoms with Crippen LogP contribution >= 0.6 is 0 Å². The molecule has 0 unspecified atom stereocenters. The van der Waals surface area contributed by atoms with Gasteiger partial charge in [0.1, 0.15) is 0 Å². The lowest BCUT2D eigenvalue weighted by molar-refractivity contribution is 1.17. The third-order valence-corrected chi connectivity index (χ3v) is 2.32. The Bertz CT molecular complexity index is 295. The van der Waals surface area contributed by atoms with Gasteiger partial charge in [0.15, 0.2) is 0 Å². The fraction of sp³-hybridized carbons (Fsp3) is 0.333. The molecular formula is C12H16. The van der Waals surface area contributed by atoms with Crippen LogP contribution in [-0.4, -0.2) is 0 Å². The fourth-order valence-corrected chi connectivity index (χ4v) is 1.40. The molecule has 0 radical (unpaired) electrons. The van der Waals surface area contributed by atoms with E-state index in [4.69, 9.17) is 0 Å². The van der Waals surface area contributed by atoms with Crippen LogP contribution < -0.4 is 0 Å². The van der Waals surface area contributed by atoms with Gasteiger partial charge in [-0.05, 0) is 49.4 Å². The van der Waals surface area contributed by atoms with Crippen molar-refractivity contribution in [2.75, 3.05) is 0 Å². The van der Waals surface area contributed by atoms with Crippen molar-refractivity contribution in [2.45, 2.75) is 27.2 Å². The van der Waals surface area contributed by atoms with Crippen molar-refractivity contribution in [3.8, 4) is 0 Å². The molecular weight excluding hydrogens is 144 g/mol. The van der Waals surface area contributed by atoms with Gasteiger partial charge in [-0.2, -0.15) is 0 Å². The second-order valence-electron chi connectivity index (χ2n) is 3.36. The zero-order chi connectivity index (χ0) is 9.14. The normalized spacial score (nSPS) is 9.92. The van der Waals surface area contributed by atoms with E-state index in [9.17, 15) is 0 Å². The van der Waals surface area contributed by atoms with Crippen LogP contribution in [0.2, 0.25) is 0 Å². The SMILES string of the molecule is C=CCc1cc(C)c(C)cc1C. The first kappa shape index (κ1) is 9.05. The van der Waals surface area contributed by atoms with Crippen LogP contribution in [0.3, 0.4) is 0 Å². The Labute approximate surface area is 74.9 Å². The molecule has 0 bridgehead atoms. The molecule has 0 aliphatic heterocycles. The summed E-state index contributed by atoms with van der Waals surface area (Å²) in [7, 11) is 0.